The molecule has 0 aromatic carbocycles. The van der Waals surface area contributed by atoms with Gasteiger partial charge in [0.2, 0.25) is 5.91 Å². The van der Waals surface area contributed by atoms with E-state index in [1.165, 1.54) is 0 Å². The number of rotatable bonds is 8. The molecule has 0 saturated carbocycles. The lowest BCUT2D eigenvalue weighted by molar-refractivity contribution is -0.121. The van der Waals surface area contributed by atoms with E-state index in [0.29, 0.717) is 19.5 Å². The standard InChI is InChI=1S/C12H26N2O2/c1-5-10(15)7-8-13-9-11(16)14-12(3,4)6-2/h10,13,15H,5-9H2,1-4H3,(H,14,16). The molecule has 0 saturated heterocycles. The molecule has 0 aliphatic carbocycles. The second-order valence-electron chi connectivity index (χ2n) is 4.81. The second kappa shape index (κ2) is 7.63. The molecule has 4 nitrogen and oxygen atoms in total. The van der Waals surface area contributed by atoms with Crippen LogP contribution in [0.3, 0.4) is 0 Å². The predicted octanol–water partition coefficient (Wildman–Crippen LogP) is 1.04. The zero-order valence-corrected chi connectivity index (χ0v) is 11.0. The van der Waals surface area contributed by atoms with Gasteiger partial charge in [0.05, 0.1) is 12.6 Å². The molecule has 0 aliphatic rings. The van der Waals surface area contributed by atoms with Crippen LogP contribution in [0.5, 0.6) is 0 Å². The van der Waals surface area contributed by atoms with E-state index in [-0.39, 0.29) is 17.6 Å². The largest absolute Gasteiger partial charge is 0.393 e. The normalized spacial score (nSPS) is 13.6. The van der Waals surface area contributed by atoms with Gasteiger partial charge in [0, 0.05) is 5.54 Å². The first kappa shape index (κ1) is 15.4. The van der Waals surface area contributed by atoms with E-state index >= 15 is 0 Å². The Morgan fingerprint density at radius 1 is 1.38 bits per heavy atom. The average molecular weight is 230 g/mol. The molecule has 1 unspecified atom stereocenters. The van der Waals surface area contributed by atoms with Gasteiger partial charge in [-0.05, 0) is 39.7 Å². The highest BCUT2D eigenvalue weighted by atomic mass is 16.3. The number of nitrogens with one attached hydrogen (secondary N) is 2. The van der Waals surface area contributed by atoms with Crippen molar-refractivity contribution in [1.29, 1.82) is 0 Å². The summed E-state index contributed by atoms with van der Waals surface area (Å²) in [7, 11) is 0. The summed E-state index contributed by atoms with van der Waals surface area (Å²) in [6.07, 6.45) is 2.10. The Labute approximate surface area is 98.8 Å². The van der Waals surface area contributed by atoms with Crippen molar-refractivity contribution in [3.8, 4) is 0 Å². The zero-order valence-electron chi connectivity index (χ0n) is 11.0. The van der Waals surface area contributed by atoms with Crippen molar-refractivity contribution in [3.63, 3.8) is 0 Å². The number of hydrogen-bond donors (Lipinski definition) is 3. The van der Waals surface area contributed by atoms with E-state index in [1.54, 1.807) is 0 Å². The van der Waals surface area contributed by atoms with Crippen molar-refractivity contribution in [2.75, 3.05) is 13.1 Å². The highest BCUT2D eigenvalue weighted by Crippen LogP contribution is 2.05. The summed E-state index contributed by atoms with van der Waals surface area (Å²) in [4.78, 5) is 11.5. The lowest BCUT2D eigenvalue weighted by Crippen LogP contribution is -2.46. The molecule has 1 amide bonds. The lowest BCUT2D eigenvalue weighted by Gasteiger charge is -2.24. The van der Waals surface area contributed by atoms with Crippen LogP contribution in [-0.4, -0.2) is 35.7 Å². The van der Waals surface area contributed by atoms with E-state index in [4.69, 9.17) is 0 Å². The topological polar surface area (TPSA) is 61.4 Å². The van der Waals surface area contributed by atoms with Gasteiger partial charge in [-0.2, -0.15) is 0 Å². The van der Waals surface area contributed by atoms with Gasteiger partial charge in [-0.25, -0.2) is 0 Å². The molecule has 96 valence electrons. The molecule has 0 rings (SSSR count). The zero-order chi connectivity index (χ0) is 12.6. The van der Waals surface area contributed by atoms with Crippen molar-refractivity contribution in [2.24, 2.45) is 0 Å². The summed E-state index contributed by atoms with van der Waals surface area (Å²) in [6.45, 7) is 9.00. The Balaban J connectivity index is 3.59. The molecular weight excluding hydrogens is 204 g/mol. The second-order valence-corrected chi connectivity index (χ2v) is 4.81. The van der Waals surface area contributed by atoms with Crippen LogP contribution in [0, 0.1) is 0 Å². The minimum Gasteiger partial charge on any atom is -0.393 e. The number of aliphatic hydroxyl groups is 1. The van der Waals surface area contributed by atoms with Crippen LogP contribution >= 0.6 is 0 Å². The highest BCUT2D eigenvalue weighted by Gasteiger charge is 2.16. The Bertz CT molecular complexity index is 205. The van der Waals surface area contributed by atoms with Gasteiger partial charge in [0.25, 0.3) is 0 Å². The van der Waals surface area contributed by atoms with Crippen LogP contribution < -0.4 is 10.6 Å². The number of carbonyl (C=O) groups excluding carboxylic acids is 1. The monoisotopic (exact) mass is 230 g/mol. The lowest BCUT2D eigenvalue weighted by atomic mass is 10.0. The van der Waals surface area contributed by atoms with E-state index in [9.17, 15) is 9.90 Å². The van der Waals surface area contributed by atoms with Gasteiger partial charge >= 0.3 is 0 Å². The summed E-state index contributed by atoms with van der Waals surface area (Å²) >= 11 is 0. The molecule has 0 heterocycles. The van der Waals surface area contributed by atoms with Crippen molar-refractivity contribution < 1.29 is 9.90 Å². The third kappa shape index (κ3) is 7.65. The molecule has 0 aromatic rings. The Morgan fingerprint density at radius 2 is 2.00 bits per heavy atom. The van der Waals surface area contributed by atoms with Gasteiger partial charge in [-0.15, -0.1) is 0 Å². The Morgan fingerprint density at radius 3 is 2.50 bits per heavy atom. The van der Waals surface area contributed by atoms with Crippen LogP contribution in [0.15, 0.2) is 0 Å². The average Bonchev–Trinajstić information content (AvgIpc) is 2.23. The summed E-state index contributed by atoms with van der Waals surface area (Å²) in [6, 6.07) is 0. The van der Waals surface area contributed by atoms with Crippen LogP contribution in [0.4, 0.5) is 0 Å². The minimum atomic E-state index is -0.261. The Hall–Kier alpha value is -0.610. The quantitative estimate of drug-likeness (QED) is 0.546. The van der Waals surface area contributed by atoms with E-state index < -0.39 is 0 Å². The van der Waals surface area contributed by atoms with E-state index in [0.717, 1.165) is 12.8 Å². The first-order valence-electron chi connectivity index (χ1n) is 6.11. The van der Waals surface area contributed by atoms with E-state index in [2.05, 4.69) is 10.6 Å². The molecule has 0 bridgehead atoms. The fourth-order valence-corrected chi connectivity index (χ4v) is 1.18. The van der Waals surface area contributed by atoms with E-state index in [1.807, 2.05) is 27.7 Å². The molecule has 0 aromatic heterocycles. The van der Waals surface area contributed by atoms with Crippen LogP contribution in [0.1, 0.15) is 47.0 Å². The number of hydrogen-bond acceptors (Lipinski definition) is 3. The Kier molecular flexibility index (Phi) is 7.34. The molecule has 0 fully saturated rings. The summed E-state index contributed by atoms with van der Waals surface area (Å²) < 4.78 is 0. The number of carbonyl (C=O) groups is 1. The molecule has 1 atom stereocenters. The molecule has 16 heavy (non-hydrogen) atoms. The highest BCUT2D eigenvalue weighted by molar-refractivity contribution is 5.78. The molecule has 0 aliphatic heterocycles. The minimum absolute atomic E-state index is 0.0119. The first-order valence-corrected chi connectivity index (χ1v) is 6.11. The molecule has 0 radical (unpaired) electrons. The van der Waals surface area contributed by atoms with Crippen LogP contribution in [-0.2, 0) is 4.79 Å². The van der Waals surface area contributed by atoms with Gasteiger partial charge in [0.1, 0.15) is 0 Å². The van der Waals surface area contributed by atoms with Gasteiger partial charge in [0.15, 0.2) is 0 Å². The first-order chi connectivity index (χ1) is 7.41. The SMILES string of the molecule is CCC(O)CCNCC(=O)NC(C)(C)CC. The third-order valence-corrected chi connectivity index (χ3v) is 2.77. The van der Waals surface area contributed by atoms with Crippen molar-refractivity contribution in [2.45, 2.75) is 58.6 Å². The molecular formula is C12H26N2O2. The summed E-state index contributed by atoms with van der Waals surface area (Å²) in [5.74, 6) is 0.0119. The van der Waals surface area contributed by atoms with Gasteiger partial charge < -0.3 is 15.7 Å². The molecule has 3 N–H and O–H groups in total. The van der Waals surface area contributed by atoms with Crippen LogP contribution in [0.2, 0.25) is 0 Å². The summed E-state index contributed by atoms with van der Waals surface area (Å²) in [5.41, 5.74) is -0.137. The number of amides is 1. The van der Waals surface area contributed by atoms with Crippen molar-refractivity contribution in [3.05, 3.63) is 0 Å². The maximum atomic E-state index is 11.5. The summed E-state index contributed by atoms with van der Waals surface area (Å²) in [5, 5.41) is 15.3. The van der Waals surface area contributed by atoms with Crippen molar-refractivity contribution >= 4 is 5.91 Å². The molecule has 0 spiro atoms. The predicted molar refractivity (Wildman–Crippen MR) is 66.3 cm³/mol. The maximum absolute atomic E-state index is 11.5. The van der Waals surface area contributed by atoms with Gasteiger partial charge in [-0.1, -0.05) is 13.8 Å². The fourth-order valence-electron chi connectivity index (χ4n) is 1.18. The maximum Gasteiger partial charge on any atom is 0.234 e. The smallest absolute Gasteiger partial charge is 0.234 e. The van der Waals surface area contributed by atoms with Gasteiger partial charge in [-0.3, -0.25) is 4.79 Å². The third-order valence-electron chi connectivity index (χ3n) is 2.77. The number of aliphatic hydroxyl groups excluding tert-OH is 1. The van der Waals surface area contributed by atoms with Crippen LogP contribution in [0.25, 0.3) is 0 Å². The fraction of sp³-hybridized carbons (Fsp3) is 0.917. The molecule has 4 heteroatoms. The van der Waals surface area contributed by atoms with Crippen molar-refractivity contribution in [1.82, 2.24) is 10.6 Å².